The Morgan fingerprint density at radius 2 is 1.74 bits per heavy atom. The van der Waals surface area contributed by atoms with Crippen LogP contribution in [0.15, 0.2) is 89.5 Å². The van der Waals surface area contributed by atoms with E-state index in [4.69, 9.17) is 14.4 Å². The Balaban J connectivity index is 1.31. The second-order valence-electron chi connectivity index (χ2n) is 11.2. The van der Waals surface area contributed by atoms with Gasteiger partial charge in [0.15, 0.2) is 5.58 Å². The zero-order chi connectivity index (χ0) is 29.7. The van der Waals surface area contributed by atoms with Crippen LogP contribution in [0.4, 0.5) is 0 Å². The molecule has 0 saturated carbocycles. The Labute approximate surface area is 249 Å². The number of aryl methyl sites for hydroxylation is 3. The van der Waals surface area contributed by atoms with Gasteiger partial charge in [-0.3, -0.25) is 0 Å². The Hall–Kier alpha value is -5.17. The number of hydrogen-bond donors (Lipinski definition) is 1. The van der Waals surface area contributed by atoms with Gasteiger partial charge in [0.1, 0.15) is 11.3 Å². The molecule has 0 aliphatic rings. The molecule has 3 heterocycles. The number of aromatic nitrogens is 4. The van der Waals surface area contributed by atoms with Crippen molar-refractivity contribution >= 4 is 39.0 Å². The molecule has 0 radical (unpaired) electrons. The van der Waals surface area contributed by atoms with E-state index in [9.17, 15) is 9.90 Å². The fourth-order valence-corrected chi connectivity index (χ4v) is 6.02. The van der Waals surface area contributed by atoms with Crippen LogP contribution in [-0.2, 0) is 13.0 Å². The minimum absolute atomic E-state index is 0.273. The Morgan fingerprint density at radius 1 is 0.884 bits per heavy atom. The number of nitrogens with zero attached hydrogens (tertiary/aromatic N) is 4. The van der Waals surface area contributed by atoms with Crippen molar-refractivity contribution in [1.82, 2.24) is 19.1 Å². The number of para-hydroxylation sites is 2. The summed E-state index contributed by atoms with van der Waals surface area (Å²) < 4.78 is 10.5. The second kappa shape index (κ2) is 10.6. The summed E-state index contributed by atoms with van der Waals surface area (Å²) in [4.78, 5) is 21.8. The van der Waals surface area contributed by atoms with Crippen molar-refractivity contribution in [2.24, 2.45) is 0 Å². The van der Waals surface area contributed by atoms with E-state index in [1.54, 1.807) is 12.1 Å². The highest BCUT2D eigenvalue weighted by Crippen LogP contribution is 2.32. The van der Waals surface area contributed by atoms with Gasteiger partial charge >= 0.3 is 5.97 Å². The molecule has 7 aromatic rings. The zero-order valence-corrected chi connectivity index (χ0v) is 24.5. The van der Waals surface area contributed by atoms with E-state index in [1.165, 1.54) is 0 Å². The van der Waals surface area contributed by atoms with Gasteiger partial charge in [-0.05, 0) is 85.5 Å². The van der Waals surface area contributed by atoms with Crippen molar-refractivity contribution in [2.45, 2.75) is 46.6 Å². The predicted octanol–water partition coefficient (Wildman–Crippen LogP) is 8.49. The molecule has 7 heteroatoms. The number of oxazole rings is 1. The molecule has 7 nitrogen and oxygen atoms in total. The number of fused-ring (bicyclic) bond motifs is 3. The van der Waals surface area contributed by atoms with Crippen molar-refractivity contribution < 1.29 is 14.3 Å². The number of carboxylic acids is 1. The molecular formula is C36H32N4O3. The molecule has 0 atom stereocenters. The second-order valence-corrected chi connectivity index (χ2v) is 11.2. The number of carboxylic acid groups (broad SMARTS) is 1. The SMILES string of the molecule is CCCCc1nc2c(C)cc(-c3nc4c(C)cccc4o3)cc2n1Cc1ccc2c(ccn2-c2ccccc2C(=O)O)c1. The van der Waals surface area contributed by atoms with Crippen molar-refractivity contribution in [3.05, 3.63) is 113 Å². The van der Waals surface area contributed by atoms with E-state index in [0.29, 0.717) is 18.1 Å². The van der Waals surface area contributed by atoms with Crippen LogP contribution in [0.5, 0.6) is 0 Å². The summed E-state index contributed by atoms with van der Waals surface area (Å²) in [5.41, 5.74) is 9.89. The van der Waals surface area contributed by atoms with Gasteiger partial charge in [-0.15, -0.1) is 0 Å². The van der Waals surface area contributed by atoms with E-state index in [2.05, 4.69) is 48.7 Å². The normalized spacial score (nSPS) is 11.7. The van der Waals surface area contributed by atoms with E-state index >= 15 is 0 Å². The van der Waals surface area contributed by atoms with Crippen LogP contribution in [-0.4, -0.2) is 30.2 Å². The van der Waals surface area contributed by atoms with Crippen molar-refractivity contribution in [1.29, 1.82) is 0 Å². The van der Waals surface area contributed by atoms with Gasteiger partial charge in [-0.2, -0.15) is 0 Å². The summed E-state index contributed by atoms with van der Waals surface area (Å²) in [6.07, 6.45) is 4.98. The highest BCUT2D eigenvalue weighted by atomic mass is 16.4. The molecule has 0 spiro atoms. The van der Waals surface area contributed by atoms with Crippen LogP contribution in [0.3, 0.4) is 0 Å². The maximum atomic E-state index is 11.9. The van der Waals surface area contributed by atoms with Crippen LogP contribution in [0.2, 0.25) is 0 Å². The fraction of sp³-hybridized carbons (Fsp3) is 0.194. The minimum atomic E-state index is -0.941. The van der Waals surface area contributed by atoms with Crippen LogP contribution >= 0.6 is 0 Å². The maximum Gasteiger partial charge on any atom is 0.337 e. The smallest absolute Gasteiger partial charge is 0.337 e. The number of imidazole rings is 1. The lowest BCUT2D eigenvalue weighted by Crippen LogP contribution is -2.06. The van der Waals surface area contributed by atoms with Gasteiger partial charge in [-0.1, -0.05) is 43.7 Å². The molecule has 0 aliphatic heterocycles. The maximum absolute atomic E-state index is 11.9. The number of aromatic carboxylic acids is 1. The van der Waals surface area contributed by atoms with Gasteiger partial charge < -0.3 is 18.7 Å². The van der Waals surface area contributed by atoms with Crippen molar-refractivity contribution in [2.75, 3.05) is 0 Å². The first-order valence-electron chi connectivity index (χ1n) is 14.7. The zero-order valence-electron chi connectivity index (χ0n) is 24.5. The molecule has 0 bridgehead atoms. The third kappa shape index (κ3) is 4.67. The first kappa shape index (κ1) is 26.7. The molecule has 0 amide bonds. The summed E-state index contributed by atoms with van der Waals surface area (Å²) in [5, 5.41) is 10.8. The molecule has 214 valence electrons. The largest absolute Gasteiger partial charge is 0.478 e. The molecule has 3 aromatic heterocycles. The Kier molecular flexibility index (Phi) is 6.58. The summed E-state index contributed by atoms with van der Waals surface area (Å²) >= 11 is 0. The van der Waals surface area contributed by atoms with Gasteiger partial charge in [0, 0.05) is 30.1 Å². The highest BCUT2D eigenvalue weighted by molar-refractivity contribution is 5.94. The third-order valence-electron chi connectivity index (χ3n) is 8.23. The highest BCUT2D eigenvalue weighted by Gasteiger charge is 2.18. The molecule has 7 rings (SSSR count). The predicted molar refractivity (Wildman–Crippen MR) is 170 cm³/mol. The molecule has 4 aromatic carbocycles. The molecule has 43 heavy (non-hydrogen) atoms. The molecule has 0 fully saturated rings. The first-order valence-corrected chi connectivity index (χ1v) is 14.7. The molecule has 0 saturated heterocycles. The third-order valence-corrected chi connectivity index (χ3v) is 8.23. The van der Waals surface area contributed by atoms with Gasteiger partial charge in [0.25, 0.3) is 0 Å². The van der Waals surface area contributed by atoms with E-state index in [-0.39, 0.29) is 5.56 Å². The standard InChI is InChI=1S/C36H32N4O3/c1-4-5-13-32-37-33-23(3)18-26(35-38-34-22(2)9-8-12-31(34)43-35)20-30(33)40(32)21-24-14-15-28-25(19-24)16-17-39(28)29-11-7-6-10-27(29)36(41)42/h6-12,14-20H,4-5,13,21H2,1-3H3,(H,41,42). The number of rotatable bonds is 8. The lowest BCUT2D eigenvalue weighted by atomic mass is 10.1. The van der Waals surface area contributed by atoms with Gasteiger partial charge in [0.05, 0.1) is 27.8 Å². The molecule has 1 N–H and O–H groups in total. The fourth-order valence-electron chi connectivity index (χ4n) is 6.02. The van der Waals surface area contributed by atoms with Crippen LogP contribution < -0.4 is 0 Å². The molecular weight excluding hydrogens is 536 g/mol. The topological polar surface area (TPSA) is 86.1 Å². The Bertz CT molecular complexity index is 2160. The first-order chi connectivity index (χ1) is 20.9. The summed E-state index contributed by atoms with van der Waals surface area (Å²) in [6.45, 7) is 7.02. The van der Waals surface area contributed by atoms with E-state index in [1.807, 2.05) is 54.1 Å². The minimum Gasteiger partial charge on any atom is -0.478 e. The van der Waals surface area contributed by atoms with Crippen LogP contribution in [0.1, 0.15) is 52.6 Å². The van der Waals surface area contributed by atoms with E-state index < -0.39 is 5.97 Å². The van der Waals surface area contributed by atoms with Gasteiger partial charge in [0.2, 0.25) is 5.89 Å². The average molecular weight is 569 g/mol. The van der Waals surface area contributed by atoms with E-state index in [0.717, 1.165) is 80.4 Å². The number of benzene rings is 4. The number of unbranched alkanes of at least 4 members (excludes halogenated alkanes) is 1. The number of hydrogen-bond acceptors (Lipinski definition) is 4. The molecule has 0 aliphatic carbocycles. The lowest BCUT2D eigenvalue weighted by molar-refractivity contribution is 0.0697. The van der Waals surface area contributed by atoms with Crippen molar-refractivity contribution in [3.63, 3.8) is 0 Å². The molecule has 0 unspecified atom stereocenters. The Morgan fingerprint density at radius 3 is 2.56 bits per heavy atom. The summed E-state index contributed by atoms with van der Waals surface area (Å²) in [5.74, 6) is 0.739. The van der Waals surface area contributed by atoms with Crippen LogP contribution in [0.25, 0.3) is 50.2 Å². The van der Waals surface area contributed by atoms with Crippen LogP contribution in [0, 0.1) is 13.8 Å². The number of carbonyl (C=O) groups is 1. The van der Waals surface area contributed by atoms with Crippen molar-refractivity contribution in [3.8, 4) is 17.1 Å². The average Bonchev–Trinajstić information content (AvgIpc) is 3.72. The monoisotopic (exact) mass is 568 g/mol. The summed E-state index contributed by atoms with van der Waals surface area (Å²) in [7, 11) is 0. The lowest BCUT2D eigenvalue weighted by Gasteiger charge is -2.12. The quantitative estimate of drug-likeness (QED) is 0.199. The summed E-state index contributed by atoms with van der Waals surface area (Å²) in [6, 6.07) is 25.8. The van der Waals surface area contributed by atoms with Gasteiger partial charge in [-0.25, -0.2) is 14.8 Å².